The highest BCUT2D eigenvalue weighted by Crippen LogP contribution is 2.42. The monoisotopic (exact) mass is 283 g/mol. The van der Waals surface area contributed by atoms with Gasteiger partial charge in [-0.05, 0) is 52.7 Å². The summed E-state index contributed by atoms with van der Waals surface area (Å²) in [6.45, 7) is 1.03. The van der Waals surface area contributed by atoms with Gasteiger partial charge in [-0.25, -0.2) is 0 Å². The van der Waals surface area contributed by atoms with Crippen LogP contribution in [0.5, 0.6) is 0 Å². The van der Waals surface area contributed by atoms with E-state index in [9.17, 15) is 0 Å². The zero-order chi connectivity index (χ0) is 10.3. The van der Waals surface area contributed by atoms with Gasteiger partial charge in [-0.2, -0.15) is 0 Å². The van der Waals surface area contributed by atoms with Crippen LogP contribution in [0.4, 0.5) is 0 Å². The highest BCUT2D eigenvalue weighted by atomic mass is 79.9. The molecule has 0 amide bonds. The van der Waals surface area contributed by atoms with Gasteiger partial charge >= 0.3 is 0 Å². The second-order valence-electron chi connectivity index (χ2n) is 4.43. The number of allylic oxidation sites excluding steroid dienone is 1. The van der Waals surface area contributed by atoms with Gasteiger partial charge in [-0.15, -0.1) is 11.3 Å². The van der Waals surface area contributed by atoms with E-state index in [-0.39, 0.29) is 0 Å². The molecule has 3 unspecified atom stereocenters. The number of thiophene rings is 1. The van der Waals surface area contributed by atoms with E-state index in [2.05, 4.69) is 45.5 Å². The summed E-state index contributed by atoms with van der Waals surface area (Å²) >= 11 is 5.32. The van der Waals surface area contributed by atoms with E-state index in [1.165, 1.54) is 21.5 Å². The van der Waals surface area contributed by atoms with Crippen molar-refractivity contribution in [1.29, 1.82) is 0 Å². The Hall–Kier alpha value is -0.120. The minimum atomic E-state index is 0.731. The SMILES string of the molecule is Brc1ccc(CNC2CC3CC=CC32)s1. The van der Waals surface area contributed by atoms with Crippen LogP contribution in [-0.2, 0) is 6.54 Å². The lowest BCUT2D eigenvalue weighted by Crippen LogP contribution is -2.47. The summed E-state index contributed by atoms with van der Waals surface area (Å²) < 4.78 is 1.23. The third-order valence-corrected chi connectivity index (χ3v) is 5.15. The van der Waals surface area contributed by atoms with E-state index in [1.807, 2.05) is 11.3 Å². The molecule has 1 heterocycles. The van der Waals surface area contributed by atoms with Crippen molar-refractivity contribution in [2.45, 2.75) is 25.4 Å². The Kier molecular flexibility index (Phi) is 2.71. The Balaban J connectivity index is 1.53. The summed E-state index contributed by atoms with van der Waals surface area (Å²) in [5, 5.41) is 3.66. The lowest BCUT2D eigenvalue weighted by Gasteiger charge is -2.40. The van der Waals surface area contributed by atoms with E-state index in [1.54, 1.807) is 0 Å². The number of fused-ring (bicyclic) bond motifs is 1. The maximum absolute atomic E-state index is 3.66. The number of rotatable bonds is 3. The van der Waals surface area contributed by atoms with Crippen molar-refractivity contribution in [2.24, 2.45) is 11.8 Å². The lowest BCUT2D eigenvalue weighted by atomic mass is 9.71. The molecule has 0 radical (unpaired) electrons. The smallest absolute Gasteiger partial charge is 0.0701 e. The molecule has 3 atom stereocenters. The Bertz CT molecular complexity index is 385. The first-order valence-corrected chi connectivity index (χ1v) is 7.08. The van der Waals surface area contributed by atoms with Crippen LogP contribution in [0, 0.1) is 11.8 Å². The van der Waals surface area contributed by atoms with Crippen LogP contribution in [0.25, 0.3) is 0 Å². The average Bonchev–Trinajstić information content (AvgIpc) is 2.75. The fourth-order valence-electron chi connectivity index (χ4n) is 2.63. The molecule has 3 rings (SSSR count). The summed E-state index contributed by atoms with van der Waals surface area (Å²) in [6.07, 6.45) is 7.42. The van der Waals surface area contributed by atoms with Crippen LogP contribution in [0.3, 0.4) is 0 Å². The van der Waals surface area contributed by atoms with E-state index >= 15 is 0 Å². The molecule has 2 aliphatic carbocycles. The molecular formula is C12H14BrNS. The molecule has 3 heteroatoms. The molecule has 0 spiro atoms. The molecule has 1 aromatic heterocycles. The molecular weight excluding hydrogens is 270 g/mol. The molecule has 80 valence electrons. The molecule has 15 heavy (non-hydrogen) atoms. The number of halogens is 1. The lowest BCUT2D eigenvalue weighted by molar-refractivity contribution is 0.162. The minimum absolute atomic E-state index is 0.731. The van der Waals surface area contributed by atoms with Crippen LogP contribution in [-0.4, -0.2) is 6.04 Å². The third kappa shape index (κ3) is 1.93. The van der Waals surface area contributed by atoms with Gasteiger partial charge < -0.3 is 5.32 Å². The van der Waals surface area contributed by atoms with Crippen molar-refractivity contribution in [2.75, 3.05) is 0 Å². The van der Waals surface area contributed by atoms with Gasteiger partial charge in [0.25, 0.3) is 0 Å². The zero-order valence-corrected chi connectivity index (χ0v) is 10.9. The number of nitrogens with one attached hydrogen (secondary N) is 1. The first-order chi connectivity index (χ1) is 7.33. The first-order valence-electron chi connectivity index (χ1n) is 5.47. The molecule has 0 aliphatic heterocycles. The zero-order valence-electron chi connectivity index (χ0n) is 8.45. The summed E-state index contributed by atoms with van der Waals surface area (Å²) in [7, 11) is 0. The van der Waals surface area contributed by atoms with Gasteiger partial charge in [-0.1, -0.05) is 12.2 Å². The second-order valence-corrected chi connectivity index (χ2v) is 6.98. The van der Waals surface area contributed by atoms with Crippen LogP contribution in [0.1, 0.15) is 17.7 Å². The van der Waals surface area contributed by atoms with E-state index < -0.39 is 0 Å². The maximum Gasteiger partial charge on any atom is 0.0701 e. The normalized spacial score (nSPS) is 32.7. The molecule has 0 aromatic carbocycles. The van der Waals surface area contributed by atoms with Crippen LogP contribution in [0.15, 0.2) is 28.1 Å². The number of hydrogen-bond acceptors (Lipinski definition) is 2. The molecule has 1 fully saturated rings. The molecule has 0 saturated heterocycles. The fourth-order valence-corrected chi connectivity index (χ4v) is 4.06. The standard InChI is InChI=1S/C12H14BrNS/c13-12-5-4-9(15-12)7-14-11-6-8-2-1-3-10(8)11/h1,3-5,8,10-11,14H,2,6-7H2. The quantitative estimate of drug-likeness (QED) is 0.837. The van der Waals surface area contributed by atoms with Gasteiger partial charge in [0, 0.05) is 17.5 Å². The Morgan fingerprint density at radius 1 is 1.47 bits per heavy atom. The van der Waals surface area contributed by atoms with Crippen molar-refractivity contribution in [3.63, 3.8) is 0 Å². The van der Waals surface area contributed by atoms with Gasteiger partial charge in [0.15, 0.2) is 0 Å². The molecule has 1 saturated carbocycles. The Morgan fingerprint density at radius 3 is 3.13 bits per heavy atom. The molecule has 0 bridgehead atoms. The topological polar surface area (TPSA) is 12.0 Å². The van der Waals surface area contributed by atoms with Gasteiger partial charge in [0.2, 0.25) is 0 Å². The van der Waals surface area contributed by atoms with Crippen molar-refractivity contribution < 1.29 is 0 Å². The van der Waals surface area contributed by atoms with E-state index in [4.69, 9.17) is 0 Å². The van der Waals surface area contributed by atoms with Crippen molar-refractivity contribution in [3.05, 3.63) is 32.9 Å². The summed E-state index contributed by atoms with van der Waals surface area (Å²) in [6, 6.07) is 5.05. The van der Waals surface area contributed by atoms with Crippen LogP contribution >= 0.6 is 27.3 Å². The van der Waals surface area contributed by atoms with Crippen molar-refractivity contribution in [1.82, 2.24) is 5.32 Å². The minimum Gasteiger partial charge on any atom is -0.308 e. The summed E-state index contributed by atoms with van der Waals surface area (Å²) in [5.74, 6) is 1.78. The fraction of sp³-hybridized carbons (Fsp3) is 0.500. The summed E-state index contributed by atoms with van der Waals surface area (Å²) in [4.78, 5) is 1.42. The Labute approximate surface area is 103 Å². The third-order valence-electron chi connectivity index (χ3n) is 3.53. The molecule has 1 nitrogen and oxygen atoms in total. The van der Waals surface area contributed by atoms with Crippen molar-refractivity contribution in [3.8, 4) is 0 Å². The first kappa shape index (κ1) is 10.1. The molecule has 2 aliphatic rings. The largest absolute Gasteiger partial charge is 0.308 e. The average molecular weight is 284 g/mol. The number of hydrogen-bond donors (Lipinski definition) is 1. The van der Waals surface area contributed by atoms with E-state index in [0.717, 1.165) is 24.4 Å². The van der Waals surface area contributed by atoms with Gasteiger partial charge in [0.1, 0.15) is 0 Å². The van der Waals surface area contributed by atoms with Gasteiger partial charge in [0.05, 0.1) is 3.79 Å². The predicted molar refractivity (Wildman–Crippen MR) is 68.0 cm³/mol. The molecule has 1 N–H and O–H groups in total. The second kappa shape index (κ2) is 4.04. The van der Waals surface area contributed by atoms with Gasteiger partial charge in [-0.3, -0.25) is 0 Å². The predicted octanol–water partition coefficient (Wildman–Crippen LogP) is 3.56. The Morgan fingerprint density at radius 2 is 2.40 bits per heavy atom. The van der Waals surface area contributed by atoms with Crippen LogP contribution < -0.4 is 5.32 Å². The maximum atomic E-state index is 3.66. The molecule has 1 aromatic rings. The van der Waals surface area contributed by atoms with Crippen LogP contribution in [0.2, 0.25) is 0 Å². The summed E-state index contributed by atoms with van der Waals surface area (Å²) in [5.41, 5.74) is 0. The highest BCUT2D eigenvalue weighted by Gasteiger charge is 2.40. The highest BCUT2D eigenvalue weighted by molar-refractivity contribution is 9.11. The van der Waals surface area contributed by atoms with E-state index in [0.29, 0.717) is 0 Å². The van der Waals surface area contributed by atoms with Crippen molar-refractivity contribution >= 4 is 27.3 Å².